The number of aliphatic hydroxyl groups excluding tert-OH is 2. The maximum atomic E-state index is 12.9. The zero-order chi connectivity index (χ0) is 21.6. The Morgan fingerprint density at radius 2 is 1.93 bits per heavy atom. The third-order valence-corrected chi connectivity index (χ3v) is 5.17. The molecule has 1 aliphatic rings. The third kappa shape index (κ3) is 5.83. The minimum atomic E-state index is -1.35. The number of hydrogen-bond acceptors (Lipinski definition) is 7. The van der Waals surface area contributed by atoms with Crippen molar-refractivity contribution in [1.29, 1.82) is 0 Å². The summed E-state index contributed by atoms with van der Waals surface area (Å²) in [5.41, 5.74) is -1.19. The Hall–Kier alpha value is -1.83. The van der Waals surface area contributed by atoms with Gasteiger partial charge in [0.05, 0.1) is 24.2 Å². The third-order valence-electron chi connectivity index (χ3n) is 5.17. The number of ketones is 2. The summed E-state index contributed by atoms with van der Waals surface area (Å²) in [6.45, 7) is 11.6. The molecule has 0 amide bonds. The van der Waals surface area contributed by atoms with Crippen LogP contribution in [0.15, 0.2) is 24.3 Å². The minimum absolute atomic E-state index is 0.0186. The van der Waals surface area contributed by atoms with E-state index in [0.717, 1.165) is 0 Å². The summed E-state index contributed by atoms with van der Waals surface area (Å²) in [6, 6.07) is 0. The van der Waals surface area contributed by atoms with Crippen molar-refractivity contribution in [2.45, 2.75) is 71.4 Å². The number of epoxide rings is 1. The van der Waals surface area contributed by atoms with Crippen molar-refractivity contribution in [2.24, 2.45) is 11.8 Å². The fourth-order valence-electron chi connectivity index (χ4n) is 3.31. The zero-order valence-corrected chi connectivity index (χ0v) is 17.3. The van der Waals surface area contributed by atoms with Gasteiger partial charge in [0, 0.05) is 31.3 Å². The topological polar surface area (TPSA) is 113 Å². The van der Waals surface area contributed by atoms with E-state index in [4.69, 9.17) is 9.47 Å². The lowest BCUT2D eigenvalue weighted by Gasteiger charge is -2.27. The summed E-state index contributed by atoms with van der Waals surface area (Å²) in [5.74, 6) is -2.60. The summed E-state index contributed by atoms with van der Waals surface area (Å²) in [5, 5.41) is 21.0. The van der Waals surface area contributed by atoms with Crippen molar-refractivity contribution in [1.82, 2.24) is 0 Å². The first-order chi connectivity index (χ1) is 13.0. The summed E-state index contributed by atoms with van der Waals surface area (Å²) in [4.78, 5) is 35.7. The number of carbonyl (C=O) groups is 3. The van der Waals surface area contributed by atoms with Crippen molar-refractivity contribution < 1.29 is 34.1 Å². The van der Waals surface area contributed by atoms with Crippen LogP contribution in [0.1, 0.15) is 47.5 Å². The molecule has 1 saturated heterocycles. The van der Waals surface area contributed by atoms with E-state index in [1.165, 1.54) is 6.92 Å². The SMILES string of the molecule is C=C(C(=O)[C@@H](COC(C)=O)[C@H](O)[C@]1(C)O[C@@H]1[C@@H](C)/C=C\C)[C@@H](O)CC(=O)CC. The first-order valence-corrected chi connectivity index (χ1v) is 9.54. The molecule has 0 unspecified atom stereocenters. The van der Waals surface area contributed by atoms with Crippen molar-refractivity contribution in [3.63, 3.8) is 0 Å². The van der Waals surface area contributed by atoms with E-state index in [2.05, 4.69) is 6.58 Å². The Bertz CT molecular complexity index is 639. The van der Waals surface area contributed by atoms with Crippen LogP contribution in [-0.4, -0.2) is 58.3 Å². The molecule has 0 aromatic heterocycles. The summed E-state index contributed by atoms with van der Waals surface area (Å²) >= 11 is 0. The van der Waals surface area contributed by atoms with Gasteiger partial charge in [-0.3, -0.25) is 14.4 Å². The maximum Gasteiger partial charge on any atom is 0.302 e. The molecule has 0 aromatic rings. The monoisotopic (exact) mass is 396 g/mol. The second-order valence-electron chi connectivity index (χ2n) is 7.46. The average Bonchev–Trinajstić information content (AvgIpc) is 3.33. The molecule has 7 heteroatoms. The van der Waals surface area contributed by atoms with Crippen molar-refractivity contribution >= 4 is 17.5 Å². The van der Waals surface area contributed by atoms with E-state index in [9.17, 15) is 24.6 Å². The highest BCUT2D eigenvalue weighted by Gasteiger charge is 2.61. The highest BCUT2D eigenvalue weighted by atomic mass is 16.6. The first kappa shape index (κ1) is 24.2. The van der Waals surface area contributed by atoms with Crippen LogP contribution in [0.25, 0.3) is 0 Å². The van der Waals surface area contributed by atoms with Crippen molar-refractivity contribution in [2.75, 3.05) is 6.61 Å². The predicted molar refractivity (Wildman–Crippen MR) is 103 cm³/mol. The molecule has 158 valence electrons. The van der Waals surface area contributed by atoms with Gasteiger partial charge in [-0.2, -0.15) is 0 Å². The van der Waals surface area contributed by atoms with Gasteiger partial charge in [0.25, 0.3) is 0 Å². The number of hydrogen-bond donors (Lipinski definition) is 2. The highest BCUT2D eigenvalue weighted by Crippen LogP contribution is 2.46. The Kier molecular flexibility index (Phi) is 8.73. The molecule has 1 aliphatic heterocycles. The number of Topliss-reactive ketones (excluding diaryl/α,β-unsaturated/α-hetero) is 2. The van der Waals surface area contributed by atoms with Crippen LogP contribution in [0, 0.1) is 11.8 Å². The van der Waals surface area contributed by atoms with E-state index >= 15 is 0 Å². The quantitative estimate of drug-likeness (QED) is 0.224. The fourth-order valence-corrected chi connectivity index (χ4v) is 3.31. The molecule has 0 aromatic carbocycles. The maximum absolute atomic E-state index is 12.9. The Balaban J connectivity index is 2.99. The lowest BCUT2D eigenvalue weighted by Crippen LogP contribution is -2.44. The van der Waals surface area contributed by atoms with Crippen LogP contribution >= 0.6 is 0 Å². The van der Waals surface area contributed by atoms with E-state index < -0.39 is 35.5 Å². The van der Waals surface area contributed by atoms with Gasteiger partial charge in [-0.05, 0) is 13.8 Å². The number of rotatable bonds is 12. The average molecular weight is 396 g/mol. The smallest absolute Gasteiger partial charge is 0.302 e. The number of carbonyl (C=O) groups excluding carboxylic acids is 3. The Morgan fingerprint density at radius 3 is 2.43 bits per heavy atom. The predicted octanol–water partition coefficient (Wildman–Crippen LogP) is 1.75. The molecule has 1 rings (SSSR count). The van der Waals surface area contributed by atoms with Crippen molar-refractivity contribution in [3.05, 3.63) is 24.3 Å². The second kappa shape index (κ2) is 10.1. The molecule has 6 atom stereocenters. The summed E-state index contributed by atoms with van der Waals surface area (Å²) < 4.78 is 10.7. The van der Waals surface area contributed by atoms with Crippen molar-refractivity contribution in [3.8, 4) is 0 Å². The van der Waals surface area contributed by atoms with E-state index in [0.29, 0.717) is 0 Å². The largest absolute Gasteiger partial charge is 0.465 e. The van der Waals surface area contributed by atoms with Crippen LogP contribution in [0.3, 0.4) is 0 Å². The van der Waals surface area contributed by atoms with Gasteiger partial charge >= 0.3 is 5.97 Å². The fraction of sp³-hybridized carbons (Fsp3) is 0.667. The lowest BCUT2D eigenvalue weighted by molar-refractivity contribution is -0.146. The molecule has 2 N–H and O–H groups in total. The summed E-state index contributed by atoms with van der Waals surface area (Å²) in [6.07, 6.45) is 0.890. The van der Waals surface area contributed by atoms with E-state index in [1.54, 1.807) is 13.8 Å². The van der Waals surface area contributed by atoms with Gasteiger partial charge in [-0.15, -0.1) is 0 Å². The van der Waals surface area contributed by atoms with Gasteiger partial charge in [0.2, 0.25) is 0 Å². The molecule has 1 fully saturated rings. The first-order valence-electron chi connectivity index (χ1n) is 9.54. The van der Waals surface area contributed by atoms with Crippen LogP contribution in [0.5, 0.6) is 0 Å². The Labute approximate surface area is 166 Å². The van der Waals surface area contributed by atoms with Crippen LogP contribution < -0.4 is 0 Å². The second-order valence-corrected chi connectivity index (χ2v) is 7.46. The highest BCUT2D eigenvalue weighted by molar-refractivity contribution is 5.99. The van der Waals surface area contributed by atoms with Gasteiger partial charge in [-0.1, -0.05) is 32.6 Å². The van der Waals surface area contributed by atoms with Crippen LogP contribution in [-0.2, 0) is 23.9 Å². The molecule has 28 heavy (non-hydrogen) atoms. The Morgan fingerprint density at radius 1 is 1.32 bits per heavy atom. The normalized spacial score (nSPS) is 25.6. The van der Waals surface area contributed by atoms with E-state index in [-0.39, 0.29) is 42.8 Å². The molecular weight excluding hydrogens is 364 g/mol. The molecular formula is C21H32O7. The van der Waals surface area contributed by atoms with Gasteiger partial charge in [-0.25, -0.2) is 0 Å². The molecule has 0 aliphatic carbocycles. The van der Waals surface area contributed by atoms with Gasteiger partial charge in [0.15, 0.2) is 5.78 Å². The zero-order valence-electron chi connectivity index (χ0n) is 17.3. The number of esters is 1. The molecule has 1 heterocycles. The molecule has 7 nitrogen and oxygen atoms in total. The summed E-state index contributed by atoms with van der Waals surface area (Å²) in [7, 11) is 0. The molecule has 0 radical (unpaired) electrons. The van der Waals surface area contributed by atoms with Crippen LogP contribution in [0.2, 0.25) is 0 Å². The molecule has 0 saturated carbocycles. The van der Waals surface area contributed by atoms with Gasteiger partial charge in [0.1, 0.15) is 18.0 Å². The van der Waals surface area contributed by atoms with E-state index in [1.807, 2.05) is 26.0 Å². The molecule has 0 spiro atoms. The standard InChI is InChI=1S/C21H32O7/c1-7-9-12(3)20-21(6,28-20)19(26)16(11-27-14(5)22)18(25)13(4)17(24)10-15(23)8-2/h7,9,12,16-17,19-20,24,26H,4,8,10-11H2,1-3,5-6H3/b9-7-/t12-,16+,17-,19-,20+,21-/m0/s1. The number of ether oxygens (including phenoxy) is 2. The lowest BCUT2D eigenvalue weighted by atomic mass is 9.81. The number of allylic oxidation sites excluding steroid dienone is 1. The number of aliphatic hydroxyl groups is 2. The minimum Gasteiger partial charge on any atom is -0.465 e. The molecule has 0 bridgehead atoms. The van der Waals surface area contributed by atoms with Gasteiger partial charge < -0.3 is 19.7 Å². The van der Waals surface area contributed by atoms with Crippen LogP contribution in [0.4, 0.5) is 0 Å².